The summed E-state index contributed by atoms with van der Waals surface area (Å²) in [5, 5.41) is 22.3. The number of fused-ring (bicyclic) bond motifs is 1. The summed E-state index contributed by atoms with van der Waals surface area (Å²) in [5.74, 6) is 0.265. The molecule has 1 N–H and O–H groups in total. The van der Waals surface area contributed by atoms with Gasteiger partial charge in [-0.2, -0.15) is 4.31 Å². The van der Waals surface area contributed by atoms with Crippen molar-refractivity contribution in [3.05, 3.63) is 63.7 Å². The first kappa shape index (κ1) is 21.7. The summed E-state index contributed by atoms with van der Waals surface area (Å²) < 4.78 is 27.7. The minimum absolute atomic E-state index is 0.0488. The molecule has 1 saturated heterocycles. The number of aliphatic hydroxyl groups is 1. The average molecular weight is 446 g/mol. The summed E-state index contributed by atoms with van der Waals surface area (Å²) in [6.07, 6.45) is 1.56. The van der Waals surface area contributed by atoms with Crippen molar-refractivity contribution in [1.29, 1.82) is 0 Å². The van der Waals surface area contributed by atoms with E-state index in [9.17, 15) is 23.6 Å². The second-order valence-corrected chi connectivity index (χ2v) is 10.4. The van der Waals surface area contributed by atoms with Gasteiger partial charge >= 0.3 is 0 Å². The van der Waals surface area contributed by atoms with Crippen LogP contribution in [0.3, 0.4) is 0 Å². The molecular formula is C22H27N3O5S. The summed E-state index contributed by atoms with van der Waals surface area (Å²) in [4.78, 5) is 13.2. The van der Waals surface area contributed by atoms with Crippen LogP contribution in [-0.2, 0) is 16.6 Å². The highest BCUT2D eigenvalue weighted by Gasteiger charge is 2.32. The summed E-state index contributed by atoms with van der Waals surface area (Å²) in [7, 11) is -3.79. The lowest BCUT2D eigenvalue weighted by Gasteiger charge is -2.30. The summed E-state index contributed by atoms with van der Waals surface area (Å²) in [6, 6.07) is 11.7. The Labute approximate surface area is 182 Å². The van der Waals surface area contributed by atoms with Crippen LogP contribution in [-0.4, -0.2) is 42.4 Å². The summed E-state index contributed by atoms with van der Waals surface area (Å²) >= 11 is 0. The minimum atomic E-state index is -3.79. The van der Waals surface area contributed by atoms with E-state index in [-0.39, 0.29) is 16.5 Å². The number of benzene rings is 2. The molecule has 2 heterocycles. The van der Waals surface area contributed by atoms with Gasteiger partial charge in [-0.05, 0) is 48.4 Å². The fraction of sp³-hybridized carbons (Fsp3) is 0.455. The van der Waals surface area contributed by atoms with Crippen LogP contribution in [0.1, 0.15) is 43.4 Å². The van der Waals surface area contributed by atoms with Gasteiger partial charge in [-0.1, -0.05) is 31.2 Å². The van der Waals surface area contributed by atoms with Gasteiger partial charge in [-0.3, -0.25) is 10.1 Å². The third-order valence-electron chi connectivity index (χ3n) is 6.19. The number of piperidine rings is 1. The molecule has 0 spiro atoms. The standard InChI is InChI=1S/C22H27N3O5S/c1-16-5-4-11-24(14-16)31(29,30)18-8-9-20(21(13-18)25(27)28)23-12-10-22(26)19-7-3-2-6-17(19)15-23/h2-3,6-9,13,16,22,26H,4-5,10-12,14-15H2,1H3/t16-,22-/m1/s1. The molecule has 2 aliphatic heterocycles. The predicted octanol–water partition coefficient (Wildman–Crippen LogP) is 3.46. The van der Waals surface area contributed by atoms with Crippen LogP contribution in [0.4, 0.5) is 11.4 Å². The largest absolute Gasteiger partial charge is 0.388 e. The van der Waals surface area contributed by atoms with Crippen molar-refractivity contribution in [2.24, 2.45) is 5.92 Å². The quantitative estimate of drug-likeness (QED) is 0.571. The lowest BCUT2D eigenvalue weighted by molar-refractivity contribution is -0.384. The predicted molar refractivity (Wildman–Crippen MR) is 117 cm³/mol. The number of nitro benzene ring substituents is 1. The normalized spacial score (nSPS) is 22.6. The minimum Gasteiger partial charge on any atom is -0.388 e. The molecule has 166 valence electrons. The smallest absolute Gasteiger partial charge is 0.293 e. The highest BCUT2D eigenvalue weighted by molar-refractivity contribution is 7.89. The molecule has 0 bridgehead atoms. The molecule has 4 rings (SSSR count). The lowest BCUT2D eigenvalue weighted by atomic mass is 10.0. The van der Waals surface area contributed by atoms with Crippen LogP contribution in [0.2, 0.25) is 0 Å². The van der Waals surface area contributed by atoms with Gasteiger partial charge in [-0.15, -0.1) is 0 Å². The van der Waals surface area contributed by atoms with E-state index in [1.54, 1.807) is 0 Å². The lowest BCUT2D eigenvalue weighted by Crippen LogP contribution is -2.39. The number of nitrogens with zero attached hydrogens (tertiary/aromatic N) is 3. The molecular weight excluding hydrogens is 418 g/mol. The molecule has 2 aromatic rings. The van der Waals surface area contributed by atoms with Gasteiger partial charge in [0.05, 0.1) is 15.9 Å². The van der Waals surface area contributed by atoms with E-state index in [0.29, 0.717) is 38.3 Å². The topological polar surface area (TPSA) is 104 Å². The zero-order valence-electron chi connectivity index (χ0n) is 17.5. The Hall–Kier alpha value is -2.49. The Morgan fingerprint density at radius 3 is 2.65 bits per heavy atom. The SMILES string of the molecule is C[C@@H]1CCCN(S(=O)(=O)c2ccc(N3CC[C@@H](O)c4ccccc4C3)c([N+](=O)[O-])c2)C1. The van der Waals surface area contributed by atoms with Gasteiger partial charge in [0.1, 0.15) is 5.69 Å². The molecule has 8 nitrogen and oxygen atoms in total. The van der Waals surface area contributed by atoms with Gasteiger partial charge < -0.3 is 10.0 Å². The fourth-order valence-electron chi connectivity index (χ4n) is 4.52. The maximum absolute atomic E-state index is 13.1. The van der Waals surface area contributed by atoms with Crippen LogP contribution in [0, 0.1) is 16.0 Å². The molecule has 0 aromatic heterocycles. The molecule has 0 amide bonds. The Kier molecular flexibility index (Phi) is 6.00. The third kappa shape index (κ3) is 4.30. The number of aliphatic hydroxyl groups excluding tert-OH is 1. The van der Waals surface area contributed by atoms with E-state index < -0.39 is 21.1 Å². The molecule has 0 radical (unpaired) electrons. The van der Waals surface area contributed by atoms with E-state index in [1.807, 2.05) is 36.1 Å². The van der Waals surface area contributed by atoms with E-state index in [2.05, 4.69) is 0 Å². The third-order valence-corrected chi connectivity index (χ3v) is 8.05. The van der Waals surface area contributed by atoms with E-state index in [1.165, 1.54) is 22.5 Å². The number of anilines is 1. The van der Waals surface area contributed by atoms with Gasteiger partial charge in [0.25, 0.3) is 5.69 Å². The summed E-state index contributed by atoms with van der Waals surface area (Å²) in [6.45, 7) is 3.71. The van der Waals surface area contributed by atoms with Crippen LogP contribution in [0.5, 0.6) is 0 Å². The van der Waals surface area contributed by atoms with Crippen molar-refractivity contribution < 1.29 is 18.4 Å². The molecule has 1 fully saturated rings. The first-order chi connectivity index (χ1) is 14.8. The molecule has 0 saturated carbocycles. The Morgan fingerprint density at radius 2 is 1.90 bits per heavy atom. The molecule has 9 heteroatoms. The Morgan fingerprint density at radius 1 is 1.13 bits per heavy atom. The van der Waals surface area contributed by atoms with Crippen molar-refractivity contribution in [1.82, 2.24) is 4.31 Å². The first-order valence-electron chi connectivity index (χ1n) is 10.6. The molecule has 2 aliphatic rings. The average Bonchev–Trinajstić information content (AvgIpc) is 2.92. The van der Waals surface area contributed by atoms with Gasteiger partial charge in [0, 0.05) is 32.2 Å². The molecule has 0 unspecified atom stereocenters. The molecule has 2 aromatic carbocycles. The Bertz CT molecular complexity index is 1090. The maximum Gasteiger partial charge on any atom is 0.293 e. The van der Waals surface area contributed by atoms with Crippen molar-refractivity contribution >= 4 is 21.4 Å². The van der Waals surface area contributed by atoms with Gasteiger partial charge in [-0.25, -0.2) is 8.42 Å². The summed E-state index contributed by atoms with van der Waals surface area (Å²) in [5.41, 5.74) is 1.85. The van der Waals surface area contributed by atoms with E-state index >= 15 is 0 Å². The zero-order valence-corrected chi connectivity index (χ0v) is 18.3. The van der Waals surface area contributed by atoms with Crippen molar-refractivity contribution in [2.75, 3.05) is 24.5 Å². The van der Waals surface area contributed by atoms with Crippen LogP contribution in [0.15, 0.2) is 47.4 Å². The number of sulfonamides is 1. The fourth-order valence-corrected chi connectivity index (χ4v) is 6.14. The van der Waals surface area contributed by atoms with Crippen molar-refractivity contribution in [2.45, 2.75) is 43.7 Å². The number of hydrogen-bond donors (Lipinski definition) is 1. The van der Waals surface area contributed by atoms with Gasteiger partial charge in [0.15, 0.2) is 0 Å². The van der Waals surface area contributed by atoms with E-state index in [4.69, 9.17) is 0 Å². The first-order valence-corrected chi connectivity index (χ1v) is 12.0. The number of hydrogen-bond acceptors (Lipinski definition) is 6. The van der Waals surface area contributed by atoms with Crippen molar-refractivity contribution in [3.8, 4) is 0 Å². The second kappa shape index (κ2) is 8.57. The monoisotopic (exact) mass is 445 g/mol. The highest BCUT2D eigenvalue weighted by Crippen LogP contribution is 2.36. The van der Waals surface area contributed by atoms with Gasteiger partial charge in [0.2, 0.25) is 10.0 Å². The highest BCUT2D eigenvalue weighted by atomic mass is 32.2. The number of rotatable bonds is 4. The van der Waals surface area contributed by atoms with Crippen LogP contribution in [0.25, 0.3) is 0 Å². The zero-order chi connectivity index (χ0) is 22.2. The Balaban J connectivity index is 1.69. The molecule has 2 atom stereocenters. The van der Waals surface area contributed by atoms with E-state index in [0.717, 1.165) is 24.0 Å². The van der Waals surface area contributed by atoms with Crippen LogP contribution >= 0.6 is 0 Å². The number of nitro groups is 1. The molecule has 31 heavy (non-hydrogen) atoms. The second-order valence-electron chi connectivity index (χ2n) is 8.44. The molecule has 0 aliphatic carbocycles. The maximum atomic E-state index is 13.1. The van der Waals surface area contributed by atoms with Crippen LogP contribution < -0.4 is 4.90 Å². The van der Waals surface area contributed by atoms with Crippen molar-refractivity contribution in [3.63, 3.8) is 0 Å².